The molecule has 7 nitrogen and oxygen atoms in total. The molecule has 27 heavy (non-hydrogen) atoms. The monoisotopic (exact) mass is 384 g/mol. The van der Waals surface area contributed by atoms with Gasteiger partial charge in [-0.15, -0.1) is 0 Å². The molecule has 2 aromatic heterocycles. The van der Waals surface area contributed by atoms with Gasteiger partial charge in [0.05, 0.1) is 13.3 Å². The Morgan fingerprint density at radius 1 is 1.37 bits per heavy atom. The van der Waals surface area contributed by atoms with E-state index >= 15 is 0 Å². The van der Waals surface area contributed by atoms with Crippen molar-refractivity contribution < 1.29 is 13.9 Å². The van der Waals surface area contributed by atoms with E-state index in [-0.39, 0.29) is 6.61 Å². The summed E-state index contributed by atoms with van der Waals surface area (Å²) in [6, 6.07) is 11.3. The van der Waals surface area contributed by atoms with E-state index in [2.05, 4.69) is 22.2 Å². The largest absolute Gasteiger partial charge is 0.497 e. The van der Waals surface area contributed by atoms with E-state index in [1.165, 1.54) is 11.1 Å². The third kappa shape index (κ3) is 3.95. The standard InChI is InChI=1S/C19H20N4O3S/c1-12-8-16(12)17-7-6-15(26-17)10-20-23-18(21-22-19(23)27)11-25-14-5-3-4-13(9-14)24-2/h3-7,9-10,12,16H,8,11H2,1-2H3,(H,22,27)/b20-10-/t12-,16-/m1/s1. The molecule has 1 aliphatic rings. The number of nitrogens with one attached hydrogen (secondary N) is 1. The fourth-order valence-corrected chi connectivity index (χ4v) is 3.04. The Hall–Kier alpha value is -2.87. The summed E-state index contributed by atoms with van der Waals surface area (Å²) < 4.78 is 18.7. The van der Waals surface area contributed by atoms with Gasteiger partial charge in [-0.1, -0.05) is 13.0 Å². The predicted octanol–water partition coefficient (Wildman–Crippen LogP) is 4.13. The normalized spacial score (nSPS) is 18.7. The molecular formula is C19H20N4O3S. The van der Waals surface area contributed by atoms with Crippen LogP contribution in [0.25, 0.3) is 0 Å². The zero-order valence-electron chi connectivity index (χ0n) is 15.1. The minimum absolute atomic E-state index is 0.209. The number of hydrogen-bond donors (Lipinski definition) is 1. The number of methoxy groups -OCH3 is 1. The second kappa shape index (κ2) is 7.40. The van der Waals surface area contributed by atoms with Crippen molar-refractivity contribution in [3.63, 3.8) is 0 Å². The molecule has 3 aromatic rings. The van der Waals surface area contributed by atoms with Crippen molar-refractivity contribution >= 4 is 18.4 Å². The van der Waals surface area contributed by atoms with Gasteiger partial charge in [0.15, 0.2) is 5.82 Å². The summed E-state index contributed by atoms with van der Waals surface area (Å²) in [5.41, 5.74) is 0. The quantitative estimate of drug-likeness (QED) is 0.490. The van der Waals surface area contributed by atoms with Gasteiger partial charge < -0.3 is 13.9 Å². The number of H-pyrrole nitrogens is 1. The van der Waals surface area contributed by atoms with Gasteiger partial charge in [-0.3, -0.25) is 0 Å². The number of ether oxygens (including phenoxy) is 2. The molecule has 1 aromatic carbocycles. The first-order valence-electron chi connectivity index (χ1n) is 8.71. The predicted molar refractivity (Wildman–Crippen MR) is 103 cm³/mol. The Labute approximate surface area is 161 Å². The van der Waals surface area contributed by atoms with Gasteiger partial charge in [0.1, 0.15) is 29.6 Å². The van der Waals surface area contributed by atoms with E-state index < -0.39 is 0 Å². The maximum absolute atomic E-state index is 5.84. The third-order valence-electron chi connectivity index (χ3n) is 4.55. The van der Waals surface area contributed by atoms with Gasteiger partial charge in [-0.2, -0.15) is 14.9 Å². The minimum atomic E-state index is 0.209. The lowest BCUT2D eigenvalue weighted by molar-refractivity contribution is 0.288. The summed E-state index contributed by atoms with van der Waals surface area (Å²) in [7, 11) is 1.61. The second-order valence-corrected chi connectivity index (χ2v) is 6.92. The molecular weight excluding hydrogens is 364 g/mol. The summed E-state index contributed by atoms with van der Waals surface area (Å²) in [5.74, 6) is 4.89. The van der Waals surface area contributed by atoms with Crippen molar-refractivity contribution in [3.05, 3.63) is 58.5 Å². The molecule has 1 fully saturated rings. The molecule has 0 amide bonds. The van der Waals surface area contributed by atoms with E-state index in [0.29, 0.717) is 33.9 Å². The number of rotatable bonds is 7. The van der Waals surface area contributed by atoms with Gasteiger partial charge in [0.2, 0.25) is 4.77 Å². The fraction of sp³-hybridized carbons (Fsp3) is 0.316. The van der Waals surface area contributed by atoms with Crippen LogP contribution in [0.2, 0.25) is 0 Å². The molecule has 8 heteroatoms. The Morgan fingerprint density at radius 2 is 2.19 bits per heavy atom. The van der Waals surface area contributed by atoms with Crippen LogP contribution >= 0.6 is 12.2 Å². The lowest BCUT2D eigenvalue weighted by atomic mass is 10.3. The highest BCUT2D eigenvalue weighted by molar-refractivity contribution is 7.71. The number of benzene rings is 1. The van der Waals surface area contributed by atoms with Crippen molar-refractivity contribution in [1.82, 2.24) is 14.9 Å². The molecule has 1 aliphatic carbocycles. The average molecular weight is 384 g/mol. The highest BCUT2D eigenvalue weighted by Crippen LogP contribution is 2.47. The molecule has 0 spiro atoms. The summed E-state index contributed by atoms with van der Waals surface area (Å²) in [4.78, 5) is 0. The fourth-order valence-electron chi connectivity index (χ4n) is 2.85. The Kier molecular flexibility index (Phi) is 4.81. The molecule has 0 unspecified atom stereocenters. The van der Waals surface area contributed by atoms with E-state index in [1.54, 1.807) is 19.4 Å². The SMILES string of the molecule is COc1cccc(OCc2n[nH]c(=S)n2/N=C\c2ccc([C@@H]3C[C@H]3C)o2)c1. The lowest BCUT2D eigenvalue weighted by Gasteiger charge is -2.06. The molecule has 1 saturated carbocycles. The summed E-state index contributed by atoms with van der Waals surface area (Å²) in [6.07, 6.45) is 2.82. The summed E-state index contributed by atoms with van der Waals surface area (Å²) in [5, 5.41) is 11.3. The van der Waals surface area contributed by atoms with Crippen LogP contribution < -0.4 is 9.47 Å². The maximum atomic E-state index is 5.84. The molecule has 4 rings (SSSR count). The number of furan rings is 1. The van der Waals surface area contributed by atoms with Crippen LogP contribution in [-0.2, 0) is 6.61 Å². The maximum Gasteiger partial charge on any atom is 0.216 e. The smallest absolute Gasteiger partial charge is 0.216 e. The van der Waals surface area contributed by atoms with Crippen LogP contribution in [0, 0.1) is 10.7 Å². The van der Waals surface area contributed by atoms with Crippen LogP contribution in [0.4, 0.5) is 0 Å². The van der Waals surface area contributed by atoms with E-state index in [9.17, 15) is 0 Å². The first kappa shape index (κ1) is 17.5. The second-order valence-electron chi connectivity index (χ2n) is 6.53. The van der Waals surface area contributed by atoms with Crippen LogP contribution in [0.3, 0.4) is 0 Å². The van der Waals surface area contributed by atoms with Crippen LogP contribution in [-0.4, -0.2) is 28.2 Å². The molecule has 0 bridgehead atoms. The molecule has 1 N–H and O–H groups in total. The van der Waals surface area contributed by atoms with Gasteiger partial charge in [0.25, 0.3) is 0 Å². The van der Waals surface area contributed by atoms with Gasteiger partial charge in [-0.25, -0.2) is 5.10 Å². The van der Waals surface area contributed by atoms with Crippen molar-refractivity contribution in [2.75, 3.05) is 7.11 Å². The Morgan fingerprint density at radius 3 is 2.96 bits per heavy atom. The lowest BCUT2D eigenvalue weighted by Crippen LogP contribution is -2.04. The summed E-state index contributed by atoms with van der Waals surface area (Å²) >= 11 is 5.26. The van der Waals surface area contributed by atoms with Crippen LogP contribution in [0.5, 0.6) is 11.5 Å². The van der Waals surface area contributed by atoms with E-state index in [0.717, 1.165) is 11.5 Å². The first-order valence-corrected chi connectivity index (χ1v) is 9.12. The molecule has 0 saturated heterocycles. The zero-order valence-corrected chi connectivity index (χ0v) is 15.9. The third-order valence-corrected chi connectivity index (χ3v) is 4.81. The van der Waals surface area contributed by atoms with Crippen molar-refractivity contribution in [1.29, 1.82) is 0 Å². The highest BCUT2D eigenvalue weighted by Gasteiger charge is 2.36. The van der Waals surface area contributed by atoms with Crippen molar-refractivity contribution in [3.8, 4) is 11.5 Å². The summed E-state index contributed by atoms with van der Waals surface area (Å²) in [6.45, 7) is 2.43. The Balaban J connectivity index is 1.46. The van der Waals surface area contributed by atoms with Crippen molar-refractivity contribution in [2.45, 2.75) is 25.9 Å². The van der Waals surface area contributed by atoms with Gasteiger partial charge >= 0.3 is 0 Å². The number of nitrogens with zero attached hydrogens (tertiary/aromatic N) is 3. The zero-order chi connectivity index (χ0) is 18.8. The van der Waals surface area contributed by atoms with Crippen LogP contribution in [0.1, 0.15) is 36.6 Å². The molecule has 0 radical (unpaired) electrons. The van der Waals surface area contributed by atoms with E-state index in [1.807, 2.05) is 30.3 Å². The molecule has 2 atom stereocenters. The molecule has 140 valence electrons. The Bertz CT molecular complexity index is 1020. The van der Waals surface area contributed by atoms with E-state index in [4.69, 9.17) is 26.1 Å². The average Bonchev–Trinajstić information content (AvgIpc) is 3.07. The highest BCUT2D eigenvalue weighted by atomic mass is 32.1. The van der Waals surface area contributed by atoms with Gasteiger partial charge in [-0.05, 0) is 48.8 Å². The number of aromatic nitrogens is 3. The number of hydrogen-bond acceptors (Lipinski definition) is 6. The topological polar surface area (TPSA) is 77.6 Å². The molecule has 2 heterocycles. The number of aromatic amines is 1. The first-order chi connectivity index (χ1) is 13.1. The van der Waals surface area contributed by atoms with Gasteiger partial charge in [0, 0.05) is 12.0 Å². The minimum Gasteiger partial charge on any atom is -0.497 e. The molecule has 0 aliphatic heterocycles. The van der Waals surface area contributed by atoms with Crippen molar-refractivity contribution in [2.24, 2.45) is 11.0 Å². The van der Waals surface area contributed by atoms with Crippen LogP contribution in [0.15, 0.2) is 45.9 Å².